The number of anilines is 1. The van der Waals surface area contributed by atoms with E-state index in [2.05, 4.69) is 10.3 Å². The molecule has 0 spiro atoms. The van der Waals surface area contributed by atoms with Gasteiger partial charge in [0.15, 0.2) is 0 Å². The summed E-state index contributed by atoms with van der Waals surface area (Å²) in [5, 5.41) is 2.99. The van der Waals surface area contributed by atoms with Crippen LogP contribution in [0.2, 0.25) is 0 Å². The van der Waals surface area contributed by atoms with Gasteiger partial charge in [-0.3, -0.25) is 4.98 Å². The van der Waals surface area contributed by atoms with Crippen LogP contribution >= 0.6 is 0 Å². The fraction of sp³-hybridized carbons (Fsp3) is 0.333. The van der Waals surface area contributed by atoms with Crippen LogP contribution in [0.15, 0.2) is 24.3 Å². The second-order valence-corrected chi connectivity index (χ2v) is 5.51. The Labute approximate surface area is 120 Å². The number of hydrogen-bond donors (Lipinski definition) is 1. The van der Waals surface area contributed by atoms with Gasteiger partial charge in [-0.1, -0.05) is 6.07 Å². The standard InChI is InChI=1S/C15H15F3N2O/c1-9-6-12(15(16,17)18)11-5-4-10(7-13(11)19-9)20-14(2,3)8-21/h4-8,20H,1-3H3. The van der Waals surface area contributed by atoms with Gasteiger partial charge >= 0.3 is 6.18 Å². The zero-order chi connectivity index (χ0) is 15.8. The first-order valence-electron chi connectivity index (χ1n) is 6.35. The summed E-state index contributed by atoms with van der Waals surface area (Å²) in [6.07, 6.45) is -3.69. The molecule has 0 radical (unpaired) electrons. The van der Waals surface area contributed by atoms with E-state index in [-0.39, 0.29) is 10.9 Å². The lowest BCUT2D eigenvalue weighted by molar-refractivity contribution is -0.136. The first-order valence-corrected chi connectivity index (χ1v) is 6.35. The van der Waals surface area contributed by atoms with Gasteiger partial charge in [0.05, 0.1) is 16.6 Å². The predicted molar refractivity (Wildman–Crippen MR) is 75.2 cm³/mol. The summed E-state index contributed by atoms with van der Waals surface area (Å²) >= 11 is 0. The molecule has 0 saturated carbocycles. The molecule has 0 unspecified atom stereocenters. The van der Waals surface area contributed by atoms with Gasteiger partial charge in [0.1, 0.15) is 6.29 Å². The predicted octanol–water partition coefficient (Wildman–Crippen LogP) is 3.95. The van der Waals surface area contributed by atoms with Crippen LogP contribution < -0.4 is 5.32 Å². The lowest BCUT2D eigenvalue weighted by atomic mass is 10.0. The molecular weight excluding hydrogens is 281 g/mol. The number of aryl methyl sites for hydroxylation is 1. The third kappa shape index (κ3) is 3.32. The highest BCUT2D eigenvalue weighted by molar-refractivity contribution is 5.86. The number of halogens is 3. The van der Waals surface area contributed by atoms with E-state index < -0.39 is 17.3 Å². The van der Waals surface area contributed by atoms with Crippen molar-refractivity contribution >= 4 is 22.9 Å². The van der Waals surface area contributed by atoms with Crippen molar-refractivity contribution in [3.8, 4) is 0 Å². The van der Waals surface area contributed by atoms with Crippen LogP contribution in [0.25, 0.3) is 10.9 Å². The molecule has 0 saturated heterocycles. The minimum absolute atomic E-state index is 0.0440. The quantitative estimate of drug-likeness (QED) is 0.872. The van der Waals surface area contributed by atoms with Crippen LogP contribution in [-0.2, 0) is 11.0 Å². The molecule has 0 aliphatic rings. The van der Waals surface area contributed by atoms with E-state index in [4.69, 9.17) is 0 Å². The zero-order valence-electron chi connectivity index (χ0n) is 11.9. The fourth-order valence-corrected chi connectivity index (χ4v) is 2.07. The van der Waals surface area contributed by atoms with E-state index >= 15 is 0 Å². The number of carbonyl (C=O) groups is 1. The number of benzene rings is 1. The minimum Gasteiger partial charge on any atom is -0.373 e. The van der Waals surface area contributed by atoms with Crippen LogP contribution in [0.5, 0.6) is 0 Å². The number of carbonyl (C=O) groups excluding carboxylic acids is 1. The molecule has 1 aromatic carbocycles. The van der Waals surface area contributed by atoms with Crippen molar-refractivity contribution in [2.24, 2.45) is 0 Å². The Morgan fingerprint density at radius 2 is 1.86 bits per heavy atom. The second-order valence-electron chi connectivity index (χ2n) is 5.51. The van der Waals surface area contributed by atoms with E-state index in [0.717, 1.165) is 12.4 Å². The van der Waals surface area contributed by atoms with E-state index in [1.807, 2.05) is 0 Å². The van der Waals surface area contributed by atoms with Crippen molar-refractivity contribution in [3.05, 3.63) is 35.5 Å². The number of alkyl halides is 3. The highest BCUT2D eigenvalue weighted by Crippen LogP contribution is 2.35. The summed E-state index contributed by atoms with van der Waals surface area (Å²) in [5.41, 5.74) is -0.419. The van der Waals surface area contributed by atoms with Crippen LogP contribution in [0, 0.1) is 6.92 Å². The molecule has 3 nitrogen and oxygen atoms in total. The Hall–Kier alpha value is -2.11. The second kappa shape index (κ2) is 5.02. The van der Waals surface area contributed by atoms with E-state index in [1.165, 1.54) is 25.1 Å². The largest absolute Gasteiger partial charge is 0.417 e. The van der Waals surface area contributed by atoms with Crippen molar-refractivity contribution in [2.45, 2.75) is 32.5 Å². The average molecular weight is 296 g/mol. The normalized spacial score (nSPS) is 12.5. The molecule has 6 heteroatoms. The number of nitrogens with one attached hydrogen (secondary N) is 1. The SMILES string of the molecule is Cc1cc(C(F)(F)F)c2ccc(NC(C)(C)C=O)cc2n1. The Morgan fingerprint density at radius 1 is 1.19 bits per heavy atom. The molecule has 0 fully saturated rings. The molecule has 1 N–H and O–H groups in total. The molecule has 1 aromatic heterocycles. The Kier molecular flexibility index (Phi) is 3.65. The summed E-state index contributed by atoms with van der Waals surface area (Å²) < 4.78 is 39.1. The smallest absolute Gasteiger partial charge is 0.373 e. The van der Waals surface area contributed by atoms with Crippen LogP contribution in [0.1, 0.15) is 25.1 Å². The lowest BCUT2D eigenvalue weighted by Gasteiger charge is -2.21. The summed E-state index contributed by atoms with van der Waals surface area (Å²) in [6, 6.07) is 5.43. The Bertz CT molecular complexity index is 693. The van der Waals surface area contributed by atoms with Gasteiger partial charge in [-0.15, -0.1) is 0 Å². The molecule has 0 bridgehead atoms. The molecule has 0 amide bonds. The maximum Gasteiger partial charge on any atom is 0.417 e. The third-order valence-corrected chi connectivity index (χ3v) is 3.00. The van der Waals surface area contributed by atoms with Crippen molar-refractivity contribution in [1.82, 2.24) is 4.98 Å². The summed E-state index contributed by atoms with van der Waals surface area (Å²) in [4.78, 5) is 15.0. The summed E-state index contributed by atoms with van der Waals surface area (Å²) in [5.74, 6) is 0. The maximum atomic E-state index is 13.0. The van der Waals surface area contributed by atoms with Gasteiger partial charge in [-0.05, 0) is 39.0 Å². The van der Waals surface area contributed by atoms with Crippen molar-refractivity contribution < 1.29 is 18.0 Å². The van der Waals surface area contributed by atoms with E-state index in [9.17, 15) is 18.0 Å². The topological polar surface area (TPSA) is 42.0 Å². The van der Waals surface area contributed by atoms with E-state index in [1.54, 1.807) is 13.8 Å². The molecule has 2 rings (SSSR count). The monoisotopic (exact) mass is 296 g/mol. The Balaban J connectivity index is 2.57. The molecule has 112 valence electrons. The highest BCUT2D eigenvalue weighted by Gasteiger charge is 2.33. The fourth-order valence-electron chi connectivity index (χ4n) is 2.07. The molecular formula is C15H15F3N2O. The van der Waals surface area contributed by atoms with Crippen LogP contribution in [-0.4, -0.2) is 16.8 Å². The van der Waals surface area contributed by atoms with Crippen molar-refractivity contribution in [2.75, 3.05) is 5.32 Å². The molecule has 0 atom stereocenters. The van der Waals surface area contributed by atoms with Gasteiger partial charge < -0.3 is 10.1 Å². The average Bonchev–Trinajstić information content (AvgIpc) is 2.35. The minimum atomic E-state index is -4.43. The summed E-state index contributed by atoms with van der Waals surface area (Å²) in [6.45, 7) is 4.87. The highest BCUT2D eigenvalue weighted by atomic mass is 19.4. The number of fused-ring (bicyclic) bond motifs is 1. The van der Waals surface area contributed by atoms with Gasteiger partial charge in [-0.25, -0.2) is 0 Å². The number of pyridine rings is 1. The van der Waals surface area contributed by atoms with E-state index in [0.29, 0.717) is 11.4 Å². The van der Waals surface area contributed by atoms with Gasteiger partial charge in [-0.2, -0.15) is 13.2 Å². The maximum absolute atomic E-state index is 13.0. The molecule has 1 heterocycles. The Morgan fingerprint density at radius 3 is 2.43 bits per heavy atom. The first-order chi connectivity index (χ1) is 9.62. The summed E-state index contributed by atoms with van der Waals surface area (Å²) in [7, 11) is 0. The number of aldehydes is 1. The number of rotatable bonds is 3. The zero-order valence-corrected chi connectivity index (χ0v) is 11.9. The van der Waals surface area contributed by atoms with Crippen LogP contribution in [0.4, 0.5) is 18.9 Å². The van der Waals surface area contributed by atoms with Crippen molar-refractivity contribution in [3.63, 3.8) is 0 Å². The van der Waals surface area contributed by atoms with Gasteiger partial charge in [0, 0.05) is 16.8 Å². The molecule has 21 heavy (non-hydrogen) atoms. The third-order valence-electron chi connectivity index (χ3n) is 3.00. The van der Waals surface area contributed by atoms with Gasteiger partial charge in [0.25, 0.3) is 0 Å². The lowest BCUT2D eigenvalue weighted by Crippen LogP contribution is -2.32. The first kappa shape index (κ1) is 15.3. The van der Waals surface area contributed by atoms with Gasteiger partial charge in [0.2, 0.25) is 0 Å². The number of hydrogen-bond acceptors (Lipinski definition) is 3. The number of nitrogens with zero attached hydrogens (tertiary/aromatic N) is 1. The number of aromatic nitrogens is 1. The molecule has 2 aromatic rings. The van der Waals surface area contributed by atoms with Crippen LogP contribution in [0.3, 0.4) is 0 Å². The van der Waals surface area contributed by atoms with Crippen molar-refractivity contribution in [1.29, 1.82) is 0 Å². The molecule has 0 aliphatic heterocycles. The molecule has 0 aliphatic carbocycles.